The number of pyridine rings is 1. The molecule has 1 heterocycles. The molecule has 0 aliphatic heterocycles. The zero-order valence-electron chi connectivity index (χ0n) is 15.8. The highest BCUT2D eigenvalue weighted by atomic mass is 32.2. The van der Waals surface area contributed by atoms with Crippen LogP contribution in [-0.4, -0.2) is 25.4 Å². The molecule has 3 rings (SSSR count). The van der Waals surface area contributed by atoms with Gasteiger partial charge >= 0.3 is 0 Å². The third kappa shape index (κ3) is 4.94. The smallest absolute Gasteiger partial charge is 0.252 e. The van der Waals surface area contributed by atoms with Crippen molar-refractivity contribution in [3.63, 3.8) is 0 Å². The van der Waals surface area contributed by atoms with E-state index in [0.29, 0.717) is 11.1 Å². The maximum atomic E-state index is 12.7. The van der Waals surface area contributed by atoms with E-state index in [1.807, 2.05) is 36.4 Å². The summed E-state index contributed by atoms with van der Waals surface area (Å²) in [5, 5.41) is 3.67. The van der Waals surface area contributed by atoms with Crippen LogP contribution >= 0.6 is 0 Å². The number of amides is 1. The number of nitrogens with one attached hydrogen (secondary N) is 2. The van der Waals surface area contributed by atoms with Crippen LogP contribution in [0.25, 0.3) is 10.9 Å². The van der Waals surface area contributed by atoms with E-state index in [2.05, 4.69) is 15.0 Å². The number of hydrogen-bond donors (Lipinski definition) is 2. The summed E-state index contributed by atoms with van der Waals surface area (Å²) in [5.41, 5.74) is 2.72. The van der Waals surface area contributed by atoms with E-state index in [0.717, 1.165) is 16.5 Å². The van der Waals surface area contributed by atoms with Crippen LogP contribution < -0.4 is 10.0 Å². The molecule has 1 aromatic heterocycles. The maximum Gasteiger partial charge on any atom is 0.252 e. The van der Waals surface area contributed by atoms with E-state index >= 15 is 0 Å². The van der Waals surface area contributed by atoms with Gasteiger partial charge in [-0.25, -0.2) is 13.1 Å². The van der Waals surface area contributed by atoms with Gasteiger partial charge < -0.3 is 5.32 Å². The van der Waals surface area contributed by atoms with Crippen molar-refractivity contribution in [1.29, 1.82) is 0 Å². The van der Waals surface area contributed by atoms with Gasteiger partial charge in [0.25, 0.3) is 5.91 Å². The molecule has 0 unspecified atom stereocenters. The summed E-state index contributed by atoms with van der Waals surface area (Å²) in [4.78, 5) is 17.0. The maximum absolute atomic E-state index is 12.7. The monoisotopic (exact) mass is 397 g/mol. The molecule has 0 spiro atoms. The Balaban J connectivity index is 1.77. The van der Waals surface area contributed by atoms with E-state index in [-0.39, 0.29) is 24.2 Å². The minimum Gasteiger partial charge on any atom is -0.348 e. The first-order chi connectivity index (χ1) is 13.4. The standard InChI is InChI=1S/C21H23N3O3S/c1-15(2)24-28(26,27)14-17-8-4-3-7-16(17)13-23-21(25)19-11-12-22-20-10-6-5-9-18(19)20/h3-12,15,24H,13-14H2,1-2H3,(H,23,25). The third-order valence-electron chi connectivity index (χ3n) is 4.21. The molecule has 3 aromatic rings. The van der Waals surface area contributed by atoms with Crippen molar-refractivity contribution in [2.45, 2.75) is 32.2 Å². The van der Waals surface area contributed by atoms with Gasteiger partial charge in [-0.05, 0) is 37.1 Å². The molecule has 0 fully saturated rings. The lowest BCUT2D eigenvalue weighted by Crippen LogP contribution is -2.32. The minimum absolute atomic E-state index is 0.130. The van der Waals surface area contributed by atoms with E-state index < -0.39 is 10.0 Å². The number of hydrogen-bond acceptors (Lipinski definition) is 4. The van der Waals surface area contributed by atoms with E-state index in [1.165, 1.54) is 0 Å². The molecule has 6 nitrogen and oxygen atoms in total. The molecule has 0 aliphatic carbocycles. The Bertz CT molecular complexity index is 1090. The second-order valence-corrected chi connectivity index (χ2v) is 8.61. The molecule has 1 amide bonds. The summed E-state index contributed by atoms with van der Waals surface area (Å²) in [6.45, 7) is 3.80. The van der Waals surface area contributed by atoms with Gasteiger partial charge in [0, 0.05) is 24.2 Å². The molecule has 0 aliphatic rings. The topological polar surface area (TPSA) is 88.2 Å². The normalized spacial score (nSPS) is 11.7. The number of nitrogens with zero attached hydrogens (tertiary/aromatic N) is 1. The lowest BCUT2D eigenvalue weighted by atomic mass is 10.1. The van der Waals surface area contributed by atoms with Crippen molar-refractivity contribution in [1.82, 2.24) is 15.0 Å². The number of para-hydroxylation sites is 1. The van der Waals surface area contributed by atoms with Crippen molar-refractivity contribution >= 4 is 26.8 Å². The van der Waals surface area contributed by atoms with Gasteiger partial charge in [0.15, 0.2) is 0 Å². The Hall–Kier alpha value is -2.77. The molecule has 0 radical (unpaired) electrons. The van der Waals surface area contributed by atoms with Gasteiger partial charge in [-0.15, -0.1) is 0 Å². The predicted molar refractivity (Wildman–Crippen MR) is 110 cm³/mol. The van der Waals surface area contributed by atoms with Crippen molar-refractivity contribution in [3.05, 3.63) is 77.5 Å². The Labute approximate surface area is 165 Å². The van der Waals surface area contributed by atoms with E-state index in [1.54, 1.807) is 38.2 Å². The fraction of sp³-hybridized carbons (Fsp3) is 0.238. The summed E-state index contributed by atoms with van der Waals surface area (Å²) >= 11 is 0. The Kier molecular flexibility index (Phi) is 6.06. The molecule has 0 bridgehead atoms. The second-order valence-electron chi connectivity index (χ2n) is 6.86. The molecule has 0 saturated carbocycles. The molecular weight excluding hydrogens is 374 g/mol. The third-order valence-corrected chi connectivity index (χ3v) is 5.73. The second kappa shape index (κ2) is 8.50. The Morgan fingerprint density at radius 1 is 1.00 bits per heavy atom. The summed E-state index contributed by atoms with van der Waals surface area (Å²) in [5.74, 6) is -0.355. The van der Waals surface area contributed by atoms with Crippen molar-refractivity contribution in [2.75, 3.05) is 0 Å². The molecule has 146 valence electrons. The predicted octanol–water partition coefficient (Wildman–Crippen LogP) is 2.99. The average molecular weight is 398 g/mol. The van der Waals surface area contributed by atoms with Crippen molar-refractivity contribution in [3.8, 4) is 0 Å². The van der Waals surface area contributed by atoms with Crippen LogP contribution in [-0.2, 0) is 22.3 Å². The van der Waals surface area contributed by atoms with Crippen LogP contribution in [0.2, 0.25) is 0 Å². The van der Waals surface area contributed by atoms with Crippen LogP contribution in [0.3, 0.4) is 0 Å². The van der Waals surface area contributed by atoms with Gasteiger partial charge in [-0.2, -0.15) is 0 Å². The van der Waals surface area contributed by atoms with Gasteiger partial charge in [0.2, 0.25) is 10.0 Å². The largest absolute Gasteiger partial charge is 0.348 e. The fourth-order valence-electron chi connectivity index (χ4n) is 3.04. The quantitative estimate of drug-likeness (QED) is 0.641. The number of sulfonamides is 1. The lowest BCUT2D eigenvalue weighted by molar-refractivity contribution is 0.0952. The number of aromatic nitrogens is 1. The van der Waals surface area contributed by atoms with Crippen LogP contribution in [0, 0.1) is 0 Å². The molecule has 2 N–H and O–H groups in total. The van der Waals surface area contributed by atoms with Gasteiger partial charge in [0.1, 0.15) is 0 Å². The summed E-state index contributed by atoms with van der Waals surface area (Å²) < 4.78 is 27.1. The minimum atomic E-state index is -3.45. The number of carbonyl (C=O) groups excluding carboxylic acids is 1. The zero-order valence-corrected chi connectivity index (χ0v) is 16.7. The van der Waals surface area contributed by atoms with Crippen LogP contribution in [0.4, 0.5) is 0 Å². The number of carbonyl (C=O) groups is 1. The first kappa shape index (κ1) is 20.0. The highest BCUT2D eigenvalue weighted by molar-refractivity contribution is 7.88. The highest BCUT2D eigenvalue weighted by Crippen LogP contribution is 2.17. The van der Waals surface area contributed by atoms with Crippen LogP contribution in [0.15, 0.2) is 60.8 Å². The van der Waals surface area contributed by atoms with Crippen LogP contribution in [0.1, 0.15) is 35.3 Å². The number of benzene rings is 2. The first-order valence-corrected chi connectivity index (χ1v) is 10.7. The molecule has 0 saturated heterocycles. The summed E-state index contributed by atoms with van der Waals surface area (Å²) in [6.07, 6.45) is 1.61. The SMILES string of the molecule is CC(C)NS(=O)(=O)Cc1ccccc1CNC(=O)c1ccnc2ccccc12. The Morgan fingerprint density at radius 2 is 1.68 bits per heavy atom. The van der Waals surface area contributed by atoms with Crippen molar-refractivity contribution < 1.29 is 13.2 Å². The molecule has 28 heavy (non-hydrogen) atoms. The van der Waals surface area contributed by atoms with Gasteiger partial charge in [0.05, 0.1) is 16.8 Å². The van der Waals surface area contributed by atoms with Crippen molar-refractivity contribution in [2.24, 2.45) is 0 Å². The van der Waals surface area contributed by atoms with Crippen LogP contribution in [0.5, 0.6) is 0 Å². The lowest BCUT2D eigenvalue weighted by Gasteiger charge is -2.13. The van der Waals surface area contributed by atoms with Gasteiger partial charge in [-0.1, -0.05) is 42.5 Å². The highest BCUT2D eigenvalue weighted by Gasteiger charge is 2.16. The average Bonchev–Trinajstić information content (AvgIpc) is 2.65. The first-order valence-electron chi connectivity index (χ1n) is 9.04. The fourth-order valence-corrected chi connectivity index (χ4v) is 4.53. The van der Waals surface area contributed by atoms with E-state index in [9.17, 15) is 13.2 Å². The number of rotatable bonds is 7. The summed E-state index contributed by atoms with van der Waals surface area (Å²) in [7, 11) is -3.45. The number of fused-ring (bicyclic) bond motifs is 1. The summed E-state index contributed by atoms with van der Waals surface area (Å²) in [6, 6.07) is 16.2. The molecular formula is C21H23N3O3S. The zero-order chi connectivity index (χ0) is 20.1. The molecule has 2 aromatic carbocycles. The van der Waals surface area contributed by atoms with E-state index in [4.69, 9.17) is 0 Å². The molecule has 7 heteroatoms. The Morgan fingerprint density at radius 3 is 2.43 bits per heavy atom. The van der Waals surface area contributed by atoms with Gasteiger partial charge in [-0.3, -0.25) is 9.78 Å². The molecule has 0 atom stereocenters.